The minimum absolute atomic E-state index is 0.343. The molecular formula is C12H16O6. The van der Waals surface area contributed by atoms with Gasteiger partial charge in [-0.15, -0.1) is 0 Å². The van der Waals surface area contributed by atoms with Crippen LogP contribution in [0.1, 0.15) is 26.7 Å². The fourth-order valence-corrected chi connectivity index (χ4v) is 2.05. The van der Waals surface area contributed by atoms with Gasteiger partial charge in [0.2, 0.25) is 0 Å². The predicted octanol–water partition coefficient (Wildman–Crippen LogP) is 0.277. The highest BCUT2D eigenvalue weighted by Gasteiger charge is 2.57. The SMILES string of the molecule is COC(=O)C1(C)CC(=O)C(C)(C(=O)OC)CC1=O. The van der Waals surface area contributed by atoms with Crippen LogP contribution in [-0.4, -0.2) is 37.7 Å². The summed E-state index contributed by atoms with van der Waals surface area (Å²) in [6, 6.07) is 0. The number of hydrogen-bond acceptors (Lipinski definition) is 6. The highest BCUT2D eigenvalue weighted by atomic mass is 16.5. The summed E-state index contributed by atoms with van der Waals surface area (Å²) in [6.07, 6.45) is -0.686. The van der Waals surface area contributed by atoms with Gasteiger partial charge >= 0.3 is 11.9 Å². The molecule has 0 aromatic heterocycles. The molecule has 0 amide bonds. The van der Waals surface area contributed by atoms with E-state index in [0.717, 1.165) is 14.2 Å². The summed E-state index contributed by atoms with van der Waals surface area (Å²) < 4.78 is 9.08. The van der Waals surface area contributed by atoms with Crippen molar-refractivity contribution < 1.29 is 28.7 Å². The van der Waals surface area contributed by atoms with Crippen molar-refractivity contribution in [3.63, 3.8) is 0 Å². The molecule has 0 bridgehead atoms. The number of rotatable bonds is 2. The largest absolute Gasteiger partial charge is 0.468 e. The van der Waals surface area contributed by atoms with Crippen molar-refractivity contribution in [2.24, 2.45) is 10.8 Å². The Morgan fingerprint density at radius 2 is 1.17 bits per heavy atom. The Balaban J connectivity index is 3.11. The fraction of sp³-hybridized carbons (Fsp3) is 0.667. The van der Waals surface area contributed by atoms with Gasteiger partial charge in [0.1, 0.15) is 10.8 Å². The van der Waals surface area contributed by atoms with Crippen LogP contribution in [0.4, 0.5) is 0 Å². The lowest BCUT2D eigenvalue weighted by atomic mass is 9.63. The first kappa shape index (κ1) is 14.3. The Hall–Kier alpha value is -1.72. The summed E-state index contributed by atoms with van der Waals surface area (Å²) in [5.74, 6) is -2.48. The third kappa shape index (κ3) is 1.91. The van der Waals surface area contributed by atoms with Crippen LogP contribution in [0, 0.1) is 10.8 Å². The maximum atomic E-state index is 12.0. The molecule has 0 N–H and O–H groups in total. The molecule has 0 spiro atoms. The molecule has 1 rings (SSSR count). The first-order valence-corrected chi connectivity index (χ1v) is 5.46. The predicted molar refractivity (Wildman–Crippen MR) is 59.5 cm³/mol. The number of Topliss-reactive ketones (excluding diaryl/α,β-unsaturated/α-hetero) is 2. The first-order chi connectivity index (χ1) is 8.22. The Bertz CT molecular complexity index is 386. The van der Waals surface area contributed by atoms with Crippen LogP contribution in [0.15, 0.2) is 0 Å². The average Bonchev–Trinajstić information content (AvgIpc) is 2.34. The van der Waals surface area contributed by atoms with E-state index in [4.69, 9.17) is 0 Å². The van der Waals surface area contributed by atoms with E-state index >= 15 is 0 Å². The van der Waals surface area contributed by atoms with E-state index in [0.29, 0.717) is 0 Å². The van der Waals surface area contributed by atoms with Crippen molar-refractivity contribution in [2.45, 2.75) is 26.7 Å². The Morgan fingerprint density at radius 1 is 0.889 bits per heavy atom. The molecule has 2 unspecified atom stereocenters. The molecule has 18 heavy (non-hydrogen) atoms. The summed E-state index contributed by atoms with van der Waals surface area (Å²) in [5, 5.41) is 0. The topological polar surface area (TPSA) is 86.7 Å². The molecule has 0 saturated heterocycles. The maximum absolute atomic E-state index is 12.0. The van der Waals surface area contributed by atoms with Crippen LogP contribution in [-0.2, 0) is 28.7 Å². The summed E-state index contributed by atoms with van der Waals surface area (Å²) in [7, 11) is 2.30. The van der Waals surface area contributed by atoms with Crippen LogP contribution >= 0.6 is 0 Å². The second kappa shape index (κ2) is 4.51. The zero-order valence-corrected chi connectivity index (χ0v) is 10.9. The molecule has 1 fully saturated rings. The number of hydrogen-bond donors (Lipinski definition) is 0. The second-order valence-corrected chi connectivity index (χ2v) is 4.85. The Kier molecular flexibility index (Phi) is 3.59. The van der Waals surface area contributed by atoms with Gasteiger partial charge in [-0.1, -0.05) is 0 Å². The molecule has 100 valence electrons. The lowest BCUT2D eigenvalue weighted by molar-refractivity contribution is -0.172. The molecule has 0 aliphatic heterocycles. The van der Waals surface area contributed by atoms with Gasteiger partial charge in [0.25, 0.3) is 0 Å². The van der Waals surface area contributed by atoms with Crippen molar-refractivity contribution in [3.05, 3.63) is 0 Å². The minimum atomic E-state index is -1.50. The molecule has 6 nitrogen and oxygen atoms in total. The van der Waals surface area contributed by atoms with E-state index in [9.17, 15) is 19.2 Å². The normalized spacial score (nSPS) is 32.0. The Morgan fingerprint density at radius 3 is 1.39 bits per heavy atom. The zero-order chi connectivity index (χ0) is 14.1. The lowest BCUT2D eigenvalue weighted by Gasteiger charge is -2.36. The van der Waals surface area contributed by atoms with Gasteiger partial charge in [0.15, 0.2) is 11.6 Å². The van der Waals surface area contributed by atoms with Crippen molar-refractivity contribution in [1.29, 1.82) is 0 Å². The van der Waals surface area contributed by atoms with Gasteiger partial charge in [-0.25, -0.2) is 0 Å². The highest BCUT2D eigenvalue weighted by molar-refractivity contribution is 6.17. The smallest absolute Gasteiger partial charge is 0.319 e. The summed E-state index contributed by atoms with van der Waals surface area (Å²) in [4.78, 5) is 47.2. The van der Waals surface area contributed by atoms with Crippen LogP contribution < -0.4 is 0 Å². The zero-order valence-electron chi connectivity index (χ0n) is 10.9. The quantitative estimate of drug-likeness (QED) is 0.521. The summed E-state index contributed by atoms with van der Waals surface area (Å²) in [6.45, 7) is 2.71. The molecule has 1 aliphatic rings. The number of esters is 2. The second-order valence-electron chi connectivity index (χ2n) is 4.85. The number of carbonyl (C=O) groups excluding carboxylic acids is 4. The van der Waals surface area contributed by atoms with Gasteiger partial charge in [0.05, 0.1) is 14.2 Å². The fourth-order valence-electron chi connectivity index (χ4n) is 2.05. The van der Waals surface area contributed by atoms with E-state index in [-0.39, 0.29) is 12.8 Å². The van der Waals surface area contributed by atoms with Crippen LogP contribution in [0.3, 0.4) is 0 Å². The van der Waals surface area contributed by atoms with Crippen LogP contribution in [0.2, 0.25) is 0 Å². The first-order valence-electron chi connectivity index (χ1n) is 5.46. The molecule has 6 heteroatoms. The monoisotopic (exact) mass is 256 g/mol. The van der Waals surface area contributed by atoms with E-state index in [1.165, 1.54) is 13.8 Å². The molecule has 2 atom stereocenters. The van der Waals surface area contributed by atoms with Gasteiger partial charge in [-0.2, -0.15) is 0 Å². The van der Waals surface area contributed by atoms with Gasteiger partial charge in [-0.3, -0.25) is 19.2 Å². The standard InChI is InChI=1S/C12H16O6/c1-11(9(15)17-3)5-8(14)12(2,6-7(11)13)10(16)18-4/h5-6H2,1-4H3. The average molecular weight is 256 g/mol. The molecule has 0 heterocycles. The number of carbonyl (C=O) groups is 4. The van der Waals surface area contributed by atoms with E-state index in [2.05, 4.69) is 9.47 Å². The van der Waals surface area contributed by atoms with E-state index in [1.54, 1.807) is 0 Å². The lowest BCUT2D eigenvalue weighted by Crippen LogP contribution is -2.53. The number of ether oxygens (including phenoxy) is 2. The Labute approximate surface area is 105 Å². The third-order valence-electron chi connectivity index (χ3n) is 3.53. The molecule has 0 radical (unpaired) electrons. The molecule has 1 saturated carbocycles. The summed E-state index contributed by atoms with van der Waals surface area (Å²) in [5.41, 5.74) is -3.00. The van der Waals surface area contributed by atoms with Gasteiger partial charge in [0, 0.05) is 12.8 Å². The molecule has 0 aromatic carbocycles. The van der Waals surface area contributed by atoms with Crippen molar-refractivity contribution in [1.82, 2.24) is 0 Å². The van der Waals surface area contributed by atoms with Crippen LogP contribution in [0.5, 0.6) is 0 Å². The van der Waals surface area contributed by atoms with E-state index in [1.807, 2.05) is 0 Å². The molecule has 1 aliphatic carbocycles. The number of ketones is 2. The number of methoxy groups -OCH3 is 2. The molecular weight excluding hydrogens is 240 g/mol. The van der Waals surface area contributed by atoms with Crippen molar-refractivity contribution in [3.8, 4) is 0 Å². The van der Waals surface area contributed by atoms with Crippen molar-refractivity contribution >= 4 is 23.5 Å². The van der Waals surface area contributed by atoms with Gasteiger partial charge in [-0.05, 0) is 13.8 Å². The highest BCUT2D eigenvalue weighted by Crippen LogP contribution is 2.41. The molecule has 0 aromatic rings. The van der Waals surface area contributed by atoms with Gasteiger partial charge < -0.3 is 9.47 Å². The van der Waals surface area contributed by atoms with Crippen LogP contribution in [0.25, 0.3) is 0 Å². The maximum Gasteiger partial charge on any atom is 0.319 e. The van der Waals surface area contributed by atoms with E-state index < -0.39 is 34.3 Å². The summed E-state index contributed by atoms with van der Waals surface area (Å²) >= 11 is 0. The third-order valence-corrected chi connectivity index (χ3v) is 3.53. The minimum Gasteiger partial charge on any atom is -0.468 e. The van der Waals surface area contributed by atoms with Crippen molar-refractivity contribution in [2.75, 3.05) is 14.2 Å².